The maximum Gasteiger partial charge on any atom is 0.328 e. The standard InChI is InChI=1S/C17H17N3O3S/c1-11(12-5-3-2-4-6-12)15(21)18-8-9-20-16(22)14-13(7-10-24-14)19-17(20)23/h2-7,10-11H,8-9H2,1H3,(H,18,21)(H,19,23)/t11-/m1/s1. The van der Waals surface area contributed by atoms with Gasteiger partial charge in [0, 0.05) is 13.1 Å². The average molecular weight is 343 g/mol. The first kappa shape index (κ1) is 16.2. The number of amides is 1. The maximum absolute atomic E-state index is 12.3. The Hall–Kier alpha value is -2.67. The molecule has 0 saturated heterocycles. The molecule has 6 nitrogen and oxygen atoms in total. The summed E-state index contributed by atoms with van der Waals surface area (Å²) in [4.78, 5) is 39.1. The zero-order valence-electron chi connectivity index (χ0n) is 13.1. The first-order valence-electron chi connectivity index (χ1n) is 7.61. The van der Waals surface area contributed by atoms with E-state index in [2.05, 4.69) is 10.3 Å². The maximum atomic E-state index is 12.3. The number of nitrogens with one attached hydrogen (secondary N) is 2. The van der Waals surface area contributed by atoms with Crippen molar-refractivity contribution in [1.29, 1.82) is 0 Å². The Morgan fingerprint density at radius 1 is 1.25 bits per heavy atom. The van der Waals surface area contributed by atoms with Crippen LogP contribution in [-0.2, 0) is 11.3 Å². The van der Waals surface area contributed by atoms with E-state index >= 15 is 0 Å². The summed E-state index contributed by atoms with van der Waals surface area (Å²) in [5, 5.41) is 4.54. The third kappa shape index (κ3) is 3.16. The van der Waals surface area contributed by atoms with E-state index < -0.39 is 5.69 Å². The number of carbonyl (C=O) groups excluding carboxylic acids is 1. The molecular weight excluding hydrogens is 326 g/mol. The molecule has 0 bridgehead atoms. The summed E-state index contributed by atoms with van der Waals surface area (Å²) in [5.41, 5.74) is 0.684. The molecule has 3 rings (SSSR count). The van der Waals surface area contributed by atoms with Crippen LogP contribution in [0.2, 0.25) is 0 Å². The molecule has 0 radical (unpaired) electrons. The highest BCUT2D eigenvalue weighted by molar-refractivity contribution is 7.17. The number of rotatable bonds is 5. The number of benzene rings is 1. The van der Waals surface area contributed by atoms with Crippen molar-refractivity contribution in [2.75, 3.05) is 6.54 Å². The van der Waals surface area contributed by atoms with Crippen LogP contribution >= 0.6 is 11.3 Å². The molecular formula is C17H17N3O3S. The van der Waals surface area contributed by atoms with Crippen molar-refractivity contribution >= 4 is 27.5 Å². The number of nitrogens with zero attached hydrogens (tertiary/aromatic N) is 1. The summed E-state index contributed by atoms with van der Waals surface area (Å²) < 4.78 is 1.63. The topological polar surface area (TPSA) is 84.0 Å². The molecule has 0 aliphatic carbocycles. The van der Waals surface area contributed by atoms with Crippen LogP contribution in [0, 0.1) is 0 Å². The molecule has 7 heteroatoms. The van der Waals surface area contributed by atoms with Gasteiger partial charge in [-0.05, 0) is 23.9 Å². The fraction of sp³-hybridized carbons (Fsp3) is 0.235. The quantitative estimate of drug-likeness (QED) is 0.739. The summed E-state index contributed by atoms with van der Waals surface area (Å²) in [6.07, 6.45) is 0. The van der Waals surface area contributed by atoms with Crippen LogP contribution in [0.15, 0.2) is 51.4 Å². The summed E-state index contributed by atoms with van der Waals surface area (Å²) in [6, 6.07) is 11.2. The second-order valence-corrected chi connectivity index (χ2v) is 6.39. The predicted molar refractivity (Wildman–Crippen MR) is 94.6 cm³/mol. The number of fused-ring (bicyclic) bond motifs is 1. The van der Waals surface area contributed by atoms with Gasteiger partial charge in [0.15, 0.2) is 0 Å². The van der Waals surface area contributed by atoms with Crippen LogP contribution in [0.4, 0.5) is 0 Å². The highest BCUT2D eigenvalue weighted by atomic mass is 32.1. The second-order valence-electron chi connectivity index (χ2n) is 5.47. The molecule has 24 heavy (non-hydrogen) atoms. The van der Waals surface area contributed by atoms with Crippen LogP contribution in [0.25, 0.3) is 10.2 Å². The van der Waals surface area contributed by atoms with Gasteiger partial charge in [0.1, 0.15) is 4.70 Å². The van der Waals surface area contributed by atoms with E-state index in [4.69, 9.17) is 0 Å². The highest BCUT2D eigenvalue weighted by Crippen LogP contribution is 2.14. The average Bonchev–Trinajstić information content (AvgIpc) is 3.06. The minimum Gasteiger partial charge on any atom is -0.354 e. The van der Waals surface area contributed by atoms with Crippen molar-refractivity contribution in [1.82, 2.24) is 14.9 Å². The van der Waals surface area contributed by atoms with Gasteiger partial charge in [-0.1, -0.05) is 30.3 Å². The van der Waals surface area contributed by atoms with Crippen LogP contribution < -0.4 is 16.6 Å². The number of carbonyl (C=O) groups is 1. The number of hydrogen-bond acceptors (Lipinski definition) is 4. The Bertz CT molecular complexity index is 972. The minimum atomic E-state index is -0.462. The van der Waals surface area contributed by atoms with Crippen molar-refractivity contribution in [3.05, 3.63) is 68.2 Å². The van der Waals surface area contributed by atoms with E-state index in [0.29, 0.717) is 10.2 Å². The van der Waals surface area contributed by atoms with Gasteiger partial charge < -0.3 is 10.3 Å². The second kappa shape index (κ2) is 6.84. The fourth-order valence-corrected chi connectivity index (χ4v) is 3.31. The van der Waals surface area contributed by atoms with Crippen molar-refractivity contribution in [3.8, 4) is 0 Å². The van der Waals surface area contributed by atoms with E-state index in [0.717, 1.165) is 10.1 Å². The molecule has 3 aromatic rings. The van der Waals surface area contributed by atoms with E-state index in [9.17, 15) is 14.4 Å². The smallest absolute Gasteiger partial charge is 0.328 e. The molecule has 0 unspecified atom stereocenters. The van der Waals surface area contributed by atoms with Gasteiger partial charge in [-0.3, -0.25) is 14.2 Å². The van der Waals surface area contributed by atoms with Gasteiger partial charge in [0.2, 0.25) is 5.91 Å². The minimum absolute atomic E-state index is 0.134. The van der Waals surface area contributed by atoms with Crippen molar-refractivity contribution in [3.63, 3.8) is 0 Å². The Morgan fingerprint density at radius 3 is 2.75 bits per heavy atom. The van der Waals surface area contributed by atoms with Crippen molar-refractivity contribution in [2.24, 2.45) is 0 Å². The van der Waals surface area contributed by atoms with Crippen molar-refractivity contribution < 1.29 is 4.79 Å². The number of thiophene rings is 1. The Kier molecular flexibility index (Phi) is 4.61. The van der Waals surface area contributed by atoms with E-state index in [1.165, 1.54) is 11.3 Å². The Morgan fingerprint density at radius 2 is 2.00 bits per heavy atom. The van der Waals surface area contributed by atoms with E-state index in [1.54, 1.807) is 11.4 Å². The molecule has 0 aliphatic rings. The number of hydrogen-bond donors (Lipinski definition) is 2. The van der Waals surface area contributed by atoms with Gasteiger partial charge in [-0.15, -0.1) is 11.3 Å². The normalized spacial score (nSPS) is 12.2. The van der Waals surface area contributed by atoms with Crippen molar-refractivity contribution in [2.45, 2.75) is 19.4 Å². The predicted octanol–water partition coefficient (Wildman–Crippen LogP) is 1.67. The molecule has 0 fully saturated rings. The fourth-order valence-electron chi connectivity index (χ4n) is 2.51. The summed E-state index contributed by atoms with van der Waals surface area (Å²) in [7, 11) is 0. The molecule has 124 valence electrons. The molecule has 2 heterocycles. The van der Waals surface area contributed by atoms with Crippen LogP contribution in [0.5, 0.6) is 0 Å². The van der Waals surface area contributed by atoms with Crippen LogP contribution in [0.1, 0.15) is 18.4 Å². The third-order valence-corrected chi connectivity index (χ3v) is 4.82. The lowest BCUT2D eigenvalue weighted by Gasteiger charge is -2.12. The largest absolute Gasteiger partial charge is 0.354 e. The molecule has 0 saturated carbocycles. The van der Waals surface area contributed by atoms with E-state index in [1.807, 2.05) is 37.3 Å². The molecule has 2 N–H and O–H groups in total. The zero-order chi connectivity index (χ0) is 17.1. The van der Waals surface area contributed by atoms with Gasteiger partial charge in [0.05, 0.1) is 11.4 Å². The Labute approximate surface area is 141 Å². The van der Waals surface area contributed by atoms with E-state index in [-0.39, 0.29) is 30.5 Å². The summed E-state index contributed by atoms with van der Waals surface area (Å²) in [5.74, 6) is -0.427. The van der Waals surface area contributed by atoms with Crippen LogP contribution in [0.3, 0.4) is 0 Å². The Balaban J connectivity index is 1.68. The highest BCUT2D eigenvalue weighted by Gasteiger charge is 2.15. The third-order valence-electron chi connectivity index (χ3n) is 3.92. The molecule has 1 aromatic carbocycles. The van der Waals surface area contributed by atoms with Crippen LogP contribution in [-0.4, -0.2) is 22.0 Å². The molecule has 0 aliphatic heterocycles. The van der Waals surface area contributed by atoms with Gasteiger partial charge in [-0.25, -0.2) is 4.79 Å². The lowest BCUT2D eigenvalue weighted by atomic mass is 10.0. The lowest BCUT2D eigenvalue weighted by Crippen LogP contribution is -2.39. The molecule has 1 atom stereocenters. The lowest BCUT2D eigenvalue weighted by molar-refractivity contribution is -0.122. The van der Waals surface area contributed by atoms with Gasteiger partial charge in [-0.2, -0.15) is 0 Å². The first-order valence-corrected chi connectivity index (χ1v) is 8.49. The molecule has 0 spiro atoms. The summed E-state index contributed by atoms with van der Waals surface area (Å²) in [6.45, 7) is 2.17. The zero-order valence-corrected chi connectivity index (χ0v) is 13.9. The van der Waals surface area contributed by atoms with Gasteiger partial charge >= 0.3 is 5.69 Å². The number of aromatic nitrogens is 2. The molecule has 1 amide bonds. The molecule has 2 aromatic heterocycles. The monoisotopic (exact) mass is 343 g/mol. The first-order chi connectivity index (χ1) is 11.6. The number of H-pyrrole nitrogens is 1. The van der Waals surface area contributed by atoms with Gasteiger partial charge in [0.25, 0.3) is 5.56 Å². The SMILES string of the molecule is C[C@@H](C(=O)NCCn1c(=O)[nH]c2ccsc2c1=O)c1ccccc1. The summed E-state index contributed by atoms with van der Waals surface area (Å²) >= 11 is 1.29. The number of aromatic amines is 1.